The van der Waals surface area contributed by atoms with E-state index in [-0.39, 0.29) is 12.4 Å². The smallest absolute Gasteiger partial charge is 0.0143 e. The highest BCUT2D eigenvalue weighted by Crippen LogP contribution is 2.40. The van der Waals surface area contributed by atoms with Gasteiger partial charge in [0.1, 0.15) is 0 Å². The Morgan fingerprint density at radius 2 is 2.00 bits per heavy atom. The van der Waals surface area contributed by atoms with Crippen LogP contribution in [0.5, 0.6) is 0 Å². The molecule has 1 saturated carbocycles. The van der Waals surface area contributed by atoms with Crippen molar-refractivity contribution >= 4 is 24.2 Å². The van der Waals surface area contributed by atoms with E-state index in [0.717, 1.165) is 24.4 Å². The average molecular weight is 286 g/mol. The first kappa shape index (κ1) is 15.9. The van der Waals surface area contributed by atoms with Crippen LogP contribution in [0.25, 0.3) is 0 Å². The molecule has 102 valence electrons. The summed E-state index contributed by atoms with van der Waals surface area (Å²) in [4.78, 5) is 0. The molecule has 0 spiro atoms. The Hall–Kier alpha value is -0.180. The van der Waals surface area contributed by atoms with Crippen molar-refractivity contribution < 1.29 is 0 Å². The summed E-state index contributed by atoms with van der Waals surface area (Å²) >= 11 is 2.07. The van der Waals surface area contributed by atoms with E-state index in [1.165, 1.54) is 23.5 Å². The van der Waals surface area contributed by atoms with Crippen LogP contribution in [0.15, 0.2) is 30.3 Å². The molecule has 0 amide bonds. The largest absolute Gasteiger partial charge is 0.313 e. The van der Waals surface area contributed by atoms with E-state index in [1.54, 1.807) is 0 Å². The lowest BCUT2D eigenvalue weighted by Gasteiger charge is -2.06. The molecule has 1 aromatic rings. The van der Waals surface area contributed by atoms with Crippen LogP contribution in [-0.4, -0.2) is 24.1 Å². The maximum atomic E-state index is 3.66. The fourth-order valence-electron chi connectivity index (χ4n) is 2.12. The molecule has 0 radical (unpaired) electrons. The molecule has 0 heterocycles. The first-order valence-electron chi connectivity index (χ1n) is 6.63. The summed E-state index contributed by atoms with van der Waals surface area (Å²) in [6, 6.07) is 11.6. The fraction of sp³-hybridized carbons (Fsp3) is 0.600. The van der Waals surface area contributed by atoms with Gasteiger partial charge in [0.25, 0.3) is 0 Å². The van der Waals surface area contributed by atoms with Gasteiger partial charge in [0, 0.05) is 24.3 Å². The van der Waals surface area contributed by atoms with Crippen molar-refractivity contribution in [2.45, 2.75) is 32.2 Å². The van der Waals surface area contributed by atoms with E-state index in [9.17, 15) is 0 Å². The zero-order valence-corrected chi connectivity index (χ0v) is 12.9. The molecule has 0 saturated heterocycles. The molecule has 0 aliphatic heterocycles. The first-order chi connectivity index (χ1) is 8.27. The average Bonchev–Trinajstić information content (AvgIpc) is 3.09. The Kier molecular flexibility index (Phi) is 7.13. The molecular formula is C15H24ClNS. The lowest BCUT2D eigenvalue weighted by Crippen LogP contribution is -2.21. The van der Waals surface area contributed by atoms with Gasteiger partial charge in [0.05, 0.1) is 0 Å². The minimum atomic E-state index is 0. The van der Waals surface area contributed by atoms with Crippen LogP contribution in [0.2, 0.25) is 0 Å². The Bertz CT molecular complexity index is 329. The minimum Gasteiger partial charge on any atom is -0.313 e. The highest BCUT2D eigenvalue weighted by atomic mass is 35.5. The highest BCUT2D eigenvalue weighted by molar-refractivity contribution is 7.99. The molecule has 2 rings (SSSR count). The van der Waals surface area contributed by atoms with Gasteiger partial charge < -0.3 is 5.32 Å². The van der Waals surface area contributed by atoms with Gasteiger partial charge in [-0.1, -0.05) is 44.2 Å². The number of benzene rings is 1. The van der Waals surface area contributed by atoms with Crippen LogP contribution in [0, 0.1) is 5.92 Å². The van der Waals surface area contributed by atoms with E-state index in [0.29, 0.717) is 0 Å². The van der Waals surface area contributed by atoms with Gasteiger partial charge in [0.15, 0.2) is 0 Å². The summed E-state index contributed by atoms with van der Waals surface area (Å²) in [6.07, 6.45) is 1.32. The molecule has 1 aliphatic carbocycles. The van der Waals surface area contributed by atoms with Gasteiger partial charge in [-0.3, -0.25) is 0 Å². The lowest BCUT2D eigenvalue weighted by atomic mass is 10.1. The molecule has 18 heavy (non-hydrogen) atoms. The molecule has 0 aromatic heterocycles. The second-order valence-electron chi connectivity index (χ2n) is 5.28. The molecule has 1 fully saturated rings. The monoisotopic (exact) mass is 285 g/mol. The predicted molar refractivity (Wildman–Crippen MR) is 85.0 cm³/mol. The quantitative estimate of drug-likeness (QED) is 0.762. The third-order valence-electron chi connectivity index (χ3n) is 3.12. The highest BCUT2D eigenvalue weighted by Gasteiger charge is 2.37. The third kappa shape index (κ3) is 5.21. The van der Waals surface area contributed by atoms with E-state index in [1.807, 2.05) is 0 Å². The maximum absolute atomic E-state index is 3.66. The summed E-state index contributed by atoms with van der Waals surface area (Å²) in [6.45, 7) is 5.73. The fourth-order valence-corrected chi connectivity index (χ4v) is 3.03. The van der Waals surface area contributed by atoms with Crippen molar-refractivity contribution in [2.24, 2.45) is 5.92 Å². The van der Waals surface area contributed by atoms with Crippen molar-refractivity contribution in [2.75, 3.05) is 18.1 Å². The molecule has 3 heteroatoms. The van der Waals surface area contributed by atoms with E-state index in [2.05, 4.69) is 61.3 Å². The Morgan fingerprint density at radius 1 is 1.28 bits per heavy atom. The van der Waals surface area contributed by atoms with Crippen LogP contribution < -0.4 is 5.32 Å². The van der Waals surface area contributed by atoms with E-state index in [4.69, 9.17) is 0 Å². The van der Waals surface area contributed by atoms with Crippen LogP contribution in [0.4, 0.5) is 0 Å². The SMILES string of the molecule is CC(C)CSCCN[C@@H]1C[C@H]1c1ccccc1.Cl. The minimum absolute atomic E-state index is 0. The Labute approximate surface area is 122 Å². The number of hydrogen-bond acceptors (Lipinski definition) is 2. The van der Waals surface area contributed by atoms with Gasteiger partial charge in [-0.15, -0.1) is 12.4 Å². The summed E-state index contributed by atoms with van der Waals surface area (Å²) < 4.78 is 0. The number of nitrogens with one attached hydrogen (secondary N) is 1. The standard InChI is InChI=1S/C15H23NS.ClH/c1-12(2)11-17-9-8-16-15-10-14(15)13-6-4-3-5-7-13;/h3-7,12,14-16H,8-11H2,1-2H3;1H/t14-,15+;/m0./s1. The second kappa shape index (κ2) is 8.08. The van der Waals surface area contributed by atoms with Crippen LogP contribution in [0.3, 0.4) is 0 Å². The molecule has 1 aromatic carbocycles. The maximum Gasteiger partial charge on any atom is 0.0143 e. The van der Waals surface area contributed by atoms with Crippen molar-refractivity contribution in [1.29, 1.82) is 0 Å². The van der Waals surface area contributed by atoms with Crippen LogP contribution >= 0.6 is 24.2 Å². The molecule has 0 unspecified atom stereocenters. The zero-order chi connectivity index (χ0) is 12.1. The van der Waals surface area contributed by atoms with Crippen molar-refractivity contribution in [3.63, 3.8) is 0 Å². The lowest BCUT2D eigenvalue weighted by molar-refractivity contribution is 0.705. The first-order valence-corrected chi connectivity index (χ1v) is 7.79. The van der Waals surface area contributed by atoms with Crippen molar-refractivity contribution in [3.8, 4) is 0 Å². The number of hydrogen-bond donors (Lipinski definition) is 1. The topological polar surface area (TPSA) is 12.0 Å². The number of halogens is 1. The molecule has 2 atom stereocenters. The van der Waals surface area contributed by atoms with Crippen molar-refractivity contribution in [3.05, 3.63) is 35.9 Å². The summed E-state index contributed by atoms with van der Waals surface area (Å²) in [5.74, 6) is 4.12. The third-order valence-corrected chi connectivity index (χ3v) is 4.52. The molecule has 0 bridgehead atoms. The van der Waals surface area contributed by atoms with Gasteiger partial charge in [0.2, 0.25) is 0 Å². The Balaban J connectivity index is 0.00000162. The van der Waals surface area contributed by atoms with Crippen LogP contribution in [-0.2, 0) is 0 Å². The molecule has 1 aliphatic rings. The van der Waals surface area contributed by atoms with Gasteiger partial charge >= 0.3 is 0 Å². The summed E-state index contributed by atoms with van der Waals surface area (Å²) in [5, 5.41) is 3.66. The summed E-state index contributed by atoms with van der Waals surface area (Å²) in [7, 11) is 0. The van der Waals surface area contributed by atoms with Gasteiger partial charge in [-0.25, -0.2) is 0 Å². The normalized spacial score (nSPS) is 21.7. The molecule has 1 N–H and O–H groups in total. The predicted octanol–water partition coefficient (Wildman–Crippen LogP) is 3.94. The van der Waals surface area contributed by atoms with Crippen molar-refractivity contribution in [1.82, 2.24) is 5.32 Å². The van der Waals surface area contributed by atoms with E-state index < -0.39 is 0 Å². The molecular weight excluding hydrogens is 262 g/mol. The van der Waals surface area contributed by atoms with Gasteiger partial charge in [-0.05, 0) is 23.7 Å². The zero-order valence-electron chi connectivity index (χ0n) is 11.3. The summed E-state index contributed by atoms with van der Waals surface area (Å²) in [5.41, 5.74) is 1.50. The van der Waals surface area contributed by atoms with E-state index >= 15 is 0 Å². The van der Waals surface area contributed by atoms with Crippen LogP contribution in [0.1, 0.15) is 31.7 Å². The van der Waals surface area contributed by atoms with Gasteiger partial charge in [-0.2, -0.15) is 11.8 Å². The Morgan fingerprint density at radius 3 is 2.67 bits per heavy atom. The second-order valence-corrected chi connectivity index (χ2v) is 6.43. The number of thioether (sulfide) groups is 1. The number of rotatable bonds is 7. The molecule has 1 nitrogen and oxygen atoms in total.